The normalized spacial score (nSPS) is 17.6. The molecule has 0 bridgehead atoms. The first-order valence-electron chi connectivity index (χ1n) is 8.92. The zero-order valence-corrected chi connectivity index (χ0v) is 16.6. The van der Waals surface area contributed by atoms with Crippen molar-refractivity contribution in [1.82, 2.24) is 10.2 Å². The molecule has 1 aliphatic heterocycles. The van der Waals surface area contributed by atoms with Gasteiger partial charge >= 0.3 is 0 Å². The van der Waals surface area contributed by atoms with Crippen molar-refractivity contribution < 1.29 is 14.3 Å². The standard InChI is InChI=1S/C19H27BrN2O3/c1-3-10-25-17-8-7-15(11-14(17)2)13-22(18(23)12-20)16-6-4-5-9-21-19(16)24/h7-8,11,16H,3-6,9-10,12-13H2,1-2H3,(H,21,24)/t16-/m0/s1. The van der Waals surface area contributed by atoms with E-state index in [2.05, 4.69) is 28.2 Å². The molecule has 2 amide bonds. The van der Waals surface area contributed by atoms with Crippen LogP contribution in [0.2, 0.25) is 0 Å². The molecule has 1 saturated heterocycles. The Hall–Kier alpha value is -1.56. The lowest BCUT2D eigenvalue weighted by Crippen LogP contribution is -2.48. The number of amides is 2. The molecule has 1 fully saturated rings. The van der Waals surface area contributed by atoms with Gasteiger partial charge < -0.3 is 15.0 Å². The number of nitrogens with one attached hydrogen (secondary N) is 1. The first-order chi connectivity index (χ1) is 12.1. The van der Waals surface area contributed by atoms with Crippen LogP contribution in [0.4, 0.5) is 0 Å². The quantitative estimate of drug-likeness (QED) is 0.702. The smallest absolute Gasteiger partial charge is 0.242 e. The number of ether oxygens (including phenoxy) is 1. The Morgan fingerprint density at radius 3 is 2.88 bits per heavy atom. The second-order valence-electron chi connectivity index (χ2n) is 6.41. The predicted molar refractivity (Wildman–Crippen MR) is 102 cm³/mol. The van der Waals surface area contributed by atoms with Crippen molar-refractivity contribution in [1.29, 1.82) is 0 Å². The molecule has 5 nitrogen and oxygen atoms in total. The number of alkyl halides is 1. The summed E-state index contributed by atoms with van der Waals surface area (Å²) in [6.07, 6.45) is 3.58. The maximum atomic E-state index is 12.4. The third-order valence-corrected chi connectivity index (χ3v) is 4.85. The number of hydrogen-bond acceptors (Lipinski definition) is 3. The van der Waals surface area contributed by atoms with Crippen LogP contribution in [0.3, 0.4) is 0 Å². The van der Waals surface area contributed by atoms with Crippen molar-refractivity contribution in [2.24, 2.45) is 0 Å². The van der Waals surface area contributed by atoms with Crippen LogP contribution in [0, 0.1) is 6.92 Å². The molecule has 25 heavy (non-hydrogen) atoms. The summed E-state index contributed by atoms with van der Waals surface area (Å²) in [5.74, 6) is 0.758. The van der Waals surface area contributed by atoms with E-state index >= 15 is 0 Å². The van der Waals surface area contributed by atoms with E-state index in [-0.39, 0.29) is 17.1 Å². The number of nitrogens with zero attached hydrogens (tertiary/aromatic N) is 1. The van der Waals surface area contributed by atoms with Crippen LogP contribution in [0.1, 0.15) is 43.7 Å². The maximum Gasteiger partial charge on any atom is 0.242 e. The first-order valence-corrected chi connectivity index (χ1v) is 10.0. The van der Waals surface area contributed by atoms with Gasteiger partial charge in [-0.15, -0.1) is 0 Å². The summed E-state index contributed by atoms with van der Waals surface area (Å²) in [4.78, 5) is 26.5. The van der Waals surface area contributed by atoms with E-state index in [4.69, 9.17) is 4.74 Å². The zero-order valence-electron chi connectivity index (χ0n) is 15.0. The van der Waals surface area contributed by atoms with E-state index in [9.17, 15) is 9.59 Å². The molecule has 0 aliphatic carbocycles. The molecule has 1 aliphatic rings. The van der Waals surface area contributed by atoms with Gasteiger partial charge in [-0.2, -0.15) is 0 Å². The molecule has 1 heterocycles. The fraction of sp³-hybridized carbons (Fsp3) is 0.579. The fourth-order valence-corrected chi connectivity index (χ4v) is 3.37. The van der Waals surface area contributed by atoms with Crippen LogP contribution in [0.25, 0.3) is 0 Å². The van der Waals surface area contributed by atoms with Crippen molar-refractivity contribution in [3.63, 3.8) is 0 Å². The number of hydrogen-bond donors (Lipinski definition) is 1. The lowest BCUT2D eigenvalue weighted by molar-refractivity contribution is -0.139. The maximum absolute atomic E-state index is 12.4. The molecule has 0 saturated carbocycles. The Labute approximate surface area is 158 Å². The third-order valence-electron chi connectivity index (χ3n) is 4.37. The summed E-state index contributed by atoms with van der Waals surface area (Å²) in [7, 11) is 0. The van der Waals surface area contributed by atoms with Crippen LogP contribution in [-0.2, 0) is 16.1 Å². The van der Waals surface area contributed by atoms with Gasteiger partial charge in [-0.05, 0) is 49.8 Å². The van der Waals surface area contributed by atoms with Crippen molar-refractivity contribution in [3.05, 3.63) is 29.3 Å². The predicted octanol–water partition coefficient (Wildman–Crippen LogP) is 3.18. The van der Waals surface area contributed by atoms with Crippen LogP contribution in [-0.4, -0.2) is 41.2 Å². The topological polar surface area (TPSA) is 58.6 Å². The summed E-state index contributed by atoms with van der Waals surface area (Å²) >= 11 is 3.25. The third kappa shape index (κ3) is 5.46. The molecule has 0 radical (unpaired) electrons. The highest BCUT2D eigenvalue weighted by Gasteiger charge is 2.30. The highest BCUT2D eigenvalue weighted by atomic mass is 79.9. The Kier molecular flexibility index (Phi) is 7.75. The Balaban J connectivity index is 2.17. The molecule has 2 rings (SSSR count). The Morgan fingerprint density at radius 2 is 2.20 bits per heavy atom. The molecular weight excluding hydrogens is 384 g/mol. The van der Waals surface area contributed by atoms with E-state index in [0.717, 1.165) is 36.1 Å². The summed E-state index contributed by atoms with van der Waals surface area (Å²) < 4.78 is 5.71. The largest absolute Gasteiger partial charge is 0.493 e. The molecule has 138 valence electrons. The highest BCUT2D eigenvalue weighted by molar-refractivity contribution is 9.09. The minimum absolute atomic E-state index is 0.0496. The lowest BCUT2D eigenvalue weighted by atomic mass is 10.1. The molecule has 1 N–H and O–H groups in total. The number of halogens is 1. The minimum atomic E-state index is -0.399. The van der Waals surface area contributed by atoms with Crippen LogP contribution in [0.15, 0.2) is 18.2 Å². The van der Waals surface area contributed by atoms with Crippen LogP contribution >= 0.6 is 15.9 Å². The van der Waals surface area contributed by atoms with E-state index in [1.807, 2.05) is 25.1 Å². The van der Waals surface area contributed by atoms with Gasteiger partial charge in [-0.3, -0.25) is 9.59 Å². The van der Waals surface area contributed by atoms with Gasteiger partial charge in [0.15, 0.2) is 0 Å². The second-order valence-corrected chi connectivity index (χ2v) is 6.97. The summed E-state index contributed by atoms with van der Waals surface area (Å²) in [6, 6.07) is 5.56. The summed E-state index contributed by atoms with van der Waals surface area (Å²) in [5.41, 5.74) is 2.05. The average Bonchev–Trinajstić information content (AvgIpc) is 2.82. The lowest BCUT2D eigenvalue weighted by Gasteiger charge is -2.30. The Morgan fingerprint density at radius 1 is 1.40 bits per heavy atom. The van der Waals surface area contributed by atoms with E-state index in [0.29, 0.717) is 26.1 Å². The average molecular weight is 411 g/mol. The monoisotopic (exact) mass is 410 g/mol. The Bertz CT molecular complexity index is 606. The first kappa shape index (κ1) is 19.8. The van der Waals surface area contributed by atoms with Gasteiger partial charge in [0.1, 0.15) is 11.8 Å². The number of carbonyl (C=O) groups excluding carboxylic acids is 2. The molecule has 1 aromatic carbocycles. The SMILES string of the molecule is CCCOc1ccc(CN(C(=O)CBr)[C@H]2CCCCNC2=O)cc1C. The van der Waals surface area contributed by atoms with Crippen molar-refractivity contribution in [2.45, 2.75) is 52.1 Å². The molecular formula is C19H27BrN2O3. The zero-order chi connectivity index (χ0) is 18.2. The molecule has 6 heteroatoms. The minimum Gasteiger partial charge on any atom is -0.493 e. The van der Waals surface area contributed by atoms with Crippen molar-refractivity contribution in [2.75, 3.05) is 18.5 Å². The van der Waals surface area contributed by atoms with E-state index < -0.39 is 6.04 Å². The van der Waals surface area contributed by atoms with E-state index in [1.54, 1.807) is 4.90 Å². The molecule has 0 aromatic heterocycles. The van der Waals surface area contributed by atoms with Gasteiger partial charge in [0.25, 0.3) is 0 Å². The molecule has 1 aromatic rings. The van der Waals surface area contributed by atoms with Gasteiger partial charge in [0.05, 0.1) is 11.9 Å². The molecule has 1 atom stereocenters. The number of rotatable bonds is 7. The van der Waals surface area contributed by atoms with Crippen molar-refractivity contribution >= 4 is 27.7 Å². The number of aryl methyl sites for hydroxylation is 1. The van der Waals surface area contributed by atoms with Gasteiger partial charge in [-0.25, -0.2) is 0 Å². The number of benzene rings is 1. The summed E-state index contributed by atoms with van der Waals surface area (Å²) in [5, 5.41) is 3.13. The molecule has 0 unspecified atom stereocenters. The highest BCUT2D eigenvalue weighted by Crippen LogP contribution is 2.22. The molecule has 0 spiro atoms. The van der Waals surface area contributed by atoms with Crippen LogP contribution in [0.5, 0.6) is 5.75 Å². The second kappa shape index (κ2) is 9.80. The van der Waals surface area contributed by atoms with Gasteiger partial charge in [0, 0.05) is 13.1 Å². The van der Waals surface area contributed by atoms with Crippen molar-refractivity contribution in [3.8, 4) is 5.75 Å². The number of carbonyl (C=O) groups is 2. The fourth-order valence-electron chi connectivity index (χ4n) is 3.05. The summed E-state index contributed by atoms with van der Waals surface area (Å²) in [6.45, 7) is 5.89. The van der Waals surface area contributed by atoms with E-state index in [1.165, 1.54) is 0 Å². The van der Waals surface area contributed by atoms with Gasteiger partial charge in [0.2, 0.25) is 11.8 Å². The van der Waals surface area contributed by atoms with Gasteiger partial charge in [-0.1, -0.05) is 35.0 Å². The van der Waals surface area contributed by atoms with Crippen LogP contribution < -0.4 is 10.1 Å².